The Kier molecular flexibility index (Phi) is 4.85. The van der Waals surface area contributed by atoms with Crippen LogP contribution in [-0.2, 0) is 6.42 Å². The van der Waals surface area contributed by atoms with Crippen LogP contribution in [0.3, 0.4) is 0 Å². The first-order chi connectivity index (χ1) is 12.0. The number of aromatic nitrogens is 2. The predicted octanol–water partition coefficient (Wildman–Crippen LogP) is 0.811. The lowest BCUT2D eigenvalue weighted by Gasteiger charge is -2.17. The average molecular weight is 342 g/mol. The van der Waals surface area contributed by atoms with Crippen molar-refractivity contribution in [3.8, 4) is 0 Å². The van der Waals surface area contributed by atoms with Gasteiger partial charge < -0.3 is 5.73 Å². The standard InChI is InChI=1S/C18H22N4O3/c1-21(10-9-12-5-3-2-4-6-12)11-14(23)15-16(19)22(13-7-8-13)18(25)20-17(15)24/h2-6,13H,7-11,19H2,1H3,(H,20,24,25). The van der Waals surface area contributed by atoms with Gasteiger partial charge in [0.1, 0.15) is 11.4 Å². The van der Waals surface area contributed by atoms with Crippen LogP contribution in [0.15, 0.2) is 39.9 Å². The number of rotatable bonds is 7. The molecule has 7 nitrogen and oxygen atoms in total. The number of hydrogen-bond donors (Lipinski definition) is 2. The Labute approximate surface area is 145 Å². The quantitative estimate of drug-likeness (QED) is 0.725. The molecule has 0 amide bonds. The number of nitrogens with zero attached hydrogens (tertiary/aromatic N) is 2. The van der Waals surface area contributed by atoms with E-state index in [1.165, 1.54) is 10.1 Å². The molecular weight excluding hydrogens is 320 g/mol. The highest BCUT2D eigenvalue weighted by atomic mass is 16.2. The molecule has 1 fully saturated rings. The maximum Gasteiger partial charge on any atom is 0.330 e. The van der Waals surface area contributed by atoms with E-state index in [-0.39, 0.29) is 29.8 Å². The van der Waals surface area contributed by atoms with Crippen LogP contribution in [-0.4, -0.2) is 40.4 Å². The molecule has 3 rings (SSSR count). The first kappa shape index (κ1) is 17.2. The molecule has 1 heterocycles. The largest absolute Gasteiger partial charge is 0.384 e. The third-order valence-electron chi connectivity index (χ3n) is 4.41. The zero-order valence-electron chi connectivity index (χ0n) is 14.2. The summed E-state index contributed by atoms with van der Waals surface area (Å²) < 4.78 is 1.33. The number of H-pyrrole nitrogens is 1. The third kappa shape index (κ3) is 3.88. The number of carbonyl (C=O) groups excluding carboxylic acids is 1. The number of likely N-dealkylation sites (N-methyl/N-ethyl adjacent to an activating group) is 1. The van der Waals surface area contributed by atoms with Crippen molar-refractivity contribution in [3.05, 3.63) is 62.3 Å². The number of aromatic amines is 1. The van der Waals surface area contributed by atoms with Crippen molar-refractivity contribution < 1.29 is 4.79 Å². The highest BCUT2D eigenvalue weighted by Crippen LogP contribution is 2.35. The second-order valence-electron chi connectivity index (χ2n) is 6.52. The van der Waals surface area contributed by atoms with E-state index in [1.54, 1.807) is 0 Å². The molecule has 1 saturated carbocycles. The Hall–Kier alpha value is -2.67. The Morgan fingerprint density at radius 2 is 1.96 bits per heavy atom. The van der Waals surface area contributed by atoms with E-state index >= 15 is 0 Å². The maximum atomic E-state index is 12.6. The van der Waals surface area contributed by atoms with Crippen LogP contribution in [0.2, 0.25) is 0 Å². The molecule has 0 atom stereocenters. The normalized spacial score (nSPS) is 14.0. The summed E-state index contributed by atoms with van der Waals surface area (Å²) in [5.74, 6) is -0.388. The predicted molar refractivity (Wildman–Crippen MR) is 96.0 cm³/mol. The number of anilines is 1. The third-order valence-corrected chi connectivity index (χ3v) is 4.41. The number of nitrogen functional groups attached to an aromatic ring is 1. The van der Waals surface area contributed by atoms with E-state index in [0.717, 1.165) is 19.3 Å². The highest BCUT2D eigenvalue weighted by molar-refractivity contribution is 6.01. The van der Waals surface area contributed by atoms with E-state index < -0.39 is 11.2 Å². The average Bonchev–Trinajstić information content (AvgIpc) is 3.38. The summed E-state index contributed by atoms with van der Waals surface area (Å²) in [6.45, 7) is 0.749. The lowest BCUT2D eigenvalue weighted by molar-refractivity contribution is 0.0945. The summed E-state index contributed by atoms with van der Waals surface area (Å²) in [5, 5.41) is 0. The number of benzene rings is 1. The summed E-state index contributed by atoms with van der Waals surface area (Å²) in [6.07, 6.45) is 2.47. The topological polar surface area (TPSA) is 101 Å². The van der Waals surface area contributed by atoms with Crippen LogP contribution >= 0.6 is 0 Å². The summed E-state index contributed by atoms with van der Waals surface area (Å²) in [4.78, 5) is 40.6. The molecule has 0 spiro atoms. The van der Waals surface area contributed by atoms with Gasteiger partial charge in [-0.25, -0.2) is 4.79 Å². The molecule has 0 aliphatic heterocycles. The van der Waals surface area contributed by atoms with Crippen LogP contribution < -0.4 is 17.0 Å². The fraction of sp³-hybridized carbons (Fsp3) is 0.389. The van der Waals surface area contributed by atoms with Crippen molar-refractivity contribution in [1.82, 2.24) is 14.5 Å². The minimum atomic E-state index is -0.708. The van der Waals surface area contributed by atoms with Crippen molar-refractivity contribution in [2.24, 2.45) is 0 Å². The number of ketones is 1. The molecule has 2 aromatic rings. The van der Waals surface area contributed by atoms with E-state index in [0.29, 0.717) is 6.54 Å². The molecule has 3 N–H and O–H groups in total. The Morgan fingerprint density at radius 3 is 2.60 bits per heavy atom. The molecule has 25 heavy (non-hydrogen) atoms. The molecule has 0 unspecified atom stereocenters. The van der Waals surface area contributed by atoms with E-state index in [9.17, 15) is 14.4 Å². The van der Waals surface area contributed by atoms with Gasteiger partial charge in [0.15, 0.2) is 5.78 Å². The Bertz CT molecular complexity index is 881. The maximum absolute atomic E-state index is 12.6. The van der Waals surface area contributed by atoms with Crippen LogP contribution in [0.4, 0.5) is 5.82 Å². The van der Waals surface area contributed by atoms with Crippen molar-refractivity contribution in [2.45, 2.75) is 25.3 Å². The minimum absolute atomic E-state index is 0.00768. The number of nitrogens with one attached hydrogen (secondary N) is 1. The smallest absolute Gasteiger partial charge is 0.330 e. The summed E-state index contributed by atoms with van der Waals surface area (Å²) in [6, 6.07) is 9.96. The Balaban J connectivity index is 1.71. The van der Waals surface area contributed by atoms with Gasteiger partial charge in [-0.2, -0.15) is 0 Å². The van der Waals surface area contributed by atoms with Gasteiger partial charge in [-0.3, -0.25) is 24.0 Å². The molecule has 1 aromatic carbocycles. The first-order valence-corrected chi connectivity index (χ1v) is 8.37. The summed E-state index contributed by atoms with van der Waals surface area (Å²) in [7, 11) is 1.82. The van der Waals surface area contributed by atoms with Gasteiger partial charge in [0.05, 0.1) is 6.54 Å². The van der Waals surface area contributed by atoms with Crippen LogP contribution in [0.5, 0.6) is 0 Å². The second-order valence-corrected chi connectivity index (χ2v) is 6.52. The van der Waals surface area contributed by atoms with Crippen molar-refractivity contribution in [2.75, 3.05) is 25.9 Å². The monoisotopic (exact) mass is 342 g/mol. The van der Waals surface area contributed by atoms with Crippen molar-refractivity contribution >= 4 is 11.6 Å². The van der Waals surface area contributed by atoms with Crippen molar-refractivity contribution in [1.29, 1.82) is 0 Å². The molecule has 1 aliphatic carbocycles. The minimum Gasteiger partial charge on any atom is -0.384 e. The number of hydrogen-bond acceptors (Lipinski definition) is 5. The molecule has 132 valence electrons. The Morgan fingerprint density at radius 1 is 1.28 bits per heavy atom. The van der Waals surface area contributed by atoms with Crippen LogP contribution in [0, 0.1) is 0 Å². The number of Topliss-reactive ketones (excluding diaryl/α,β-unsaturated/α-hetero) is 1. The van der Waals surface area contributed by atoms with Crippen LogP contribution in [0.25, 0.3) is 0 Å². The fourth-order valence-electron chi connectivity index (χ4n) is 2.90. The van der Waals surface area contributed by atoms with E-state index in [4.69, 9.17) is 5.73 Å². The van der Waals surface area contributed by atoms with E-state index in [2.05, 4.69) is 4.98 Å². The molecule has 0 radical (unpaired) electrons. The SMILES string of the molecule is CN(CCc1ccccc1)CC(=O)c1c(N)n(C2CC2)c(=O)[nH]c1=O. The zero-order valence-corrected chi connectivity index (χ0v) is 14.2. The van der Waals surface area contributed by atoms with Gasteiger partial charge in [-0.05, 0) is 31.9 Å². The highest BCUT2D eigenvalue weighted by Gasteiger charge is 2.30. The second kappa shape index (κ2) is 7.06. The van der Waals surface area contributed by atoms with Gasteiger partial charge in [0.2, 0.25) is 0 Å². The lowest BCUT2D eigenvalue weighted by atomic mass is 10.1. The first-order valence-electron chi connectivity index (χ1n) is 8.37. The summed E-state index contributed by atoms with van der Waals surface area (Å²) >= 11 is 0. The molecule has 0 saturated heterocycles. The molecule has 1 aliphatic rings. The fourth-order valence-corrected chi connectivity index (χ4v) is 2.90. The van der Waals surface area contributed by atoms with E-state index in [1.807, 2.05) is 42.3 Å². The van der Waals surface area contributed by atoms with Gasteiger partial charge >= 0.3 is 5.69 Å². The van der Waals surface area contributed by atoms with Gasteiger partial charge in [0, 0.05) is 12.6 Å². The van der Waals surface area contributed by atoms with Gasteiger partial charge in [-0.15, -0.1) is 0 Å². The molecule has 0 bridgehead atoms. The van der Waals surface area contributed by atoms with Crippen LogP contribution in [0.1, 0.15) is 34.8 Å². The molecule has 7 heteroatoms. The summed E-state index contributed by atoms with van der Waals surface area (Å²) in [5.41, 5.74) is 5.79. The number of carbonyl (C=O) groups is 1. The molecule has 1 aromatic heterocycles. The molecular formula is C18H22N4O3. The van der Waals surface area contributed by atoms with Gasteiger partial charge in [0.25, 0.3) is 5.56 Å². The van der Waals surface area contributed by atoms with Gasteiger partial charge in [-0.1, -0.05) is 30.3 Å². The lowest BCUT2D eigenvalue weighted by Crippen LogP contribution is -2.38. The van der Waals surface area contributed by atoms with Crippen molar-refractivity contribution in [3.63, 3.8) is 0 Å². The zero-order chi connectivity index (χ0) is 18.0. The number of nitrogens with two attached hydrogens (primary N) is 1.